The highest BCUT2D eigenvalue weighted by Crippen LogP contribution is 2.17. The van der Waals surface area contributed by atoms with Gasteiger partial charge in [-0.25, -0.2) is 4.57 Å². The molecule has 0 bridgehead atoms. The number of aryl methyl sites for hydroxylation is 2. The molecule has 1 aromatic carbocycles. The summed E-state index contributed by atoms with van der Waals surface area (Å²) in [6.45, 7) is 4.31. The van der Waals surface area contributed by atoms with Crippen LogP contribution in [0, 0.1) is 13.8 Å². The molecule has 7 heteroatoms. The number of nitrogens with zero attached hydrogens (tertiary/aromatic N) is 3. The Hall–Kier alpha value is -3.74. The maximum Gasteiger partial charge on any atom is 0.278 e. The molecule has 4 aromatic rings. The molecule has 1 amide bonds. The number of carbonyl (C=O) groups is 1. The highest BCUT2D eigenvalue weighted by molar-refractivity contribution is 6.00. The third kappa shape index (κ3) is 3.10. The van der Waals surface area contributed by atoms with Crippen molar-refractivity contribution in [2.45, 2.75) is 20.4 Å². The summed E-state index contributed by atoms with van der Waals surface area (Å²) in [5.41, 5.74) is 10.4. The summed E-state index contributed by atoms with van der Waals surface area (Å²) in [4.78, 5) is 30.4. The fourth-order valence-corrected chi connectivity index (χ4v) is 3.46. The fraction of sp³-hybridized carbons (Fsp3) is 0.182. The summed E-state index contributed by atoms with van der Waals surface area (Å²) in [5.74, 6) is -0.0851. The van der Waals surface area contributed by atoms with Crippen LogP contribution in [0.5, 0.6) is 0 Å². The first-order valence-corrected chi connectivity index (χ1v) is 9.32. The van der Waals surface area contributed by atoms with Gasteiger partial charge in [-0.05, 0) is 31.5 Å². The number of nitrogen functional groups attached to an aromatic ring is 1. The lowest BCUT2D eigenvalue weighted by atomic mass is 10.1. The van der Waals surface area contributed by atoms with E-state index in [0.717, 1.165) is 16.7 Å². The molecule has 0 saturated carbocycles. The van der Waals surface area contributed by atoms with E-state index in [-0.39, 0.29) is 22.8 Å². The third-order valence-corrected chi connectivity index (χ3v) is 5.11. The van der Waals surface area contributed by atoms with Gasteiger partial charge in [0.05, 0.1) is 6.54 Å². The Morgan fingerprint density at radius 3 is 2.62 bits per heavy atom. The smallest absolute Gasteiger partial charge is 0.278 e. The average molecular weight is 388 g/mol. The lowest BCUT2D eigenvalue weighted by molar-refractivity contribution is -0.649. The van der Waals surface area contributed by atoms with Gasteiger partial charge >= 0.3 is 0 Å². The van der Waals surface area contributed by atoms with Gasteiger partial charge in [-0.1, -0.05) is 40.9 Å². The van der Waals surface area contributed by atoms with Gasteiger partial charge in [0.1, 0.15) is 10.9 Å². The van der Waals surface area contributed by atoms with Crippen molar-refractivity contribution in [3.05, 3.63) is 81.3 Å². The molecule has 0 atom stereocenters. The maximum atomic E-state index is 13.2. The zero-order valence-corrected chi connectivity index (χ0v) is 16.6. The summed E-state index contributed by atoms with van der Waals surface area (Å²) in [6, 6.07) is 13.3. The van der Waals surface area contributed by atoms with Gasteiger partial charge in [0.15, 0.2) is 0 Å². The van der Waals surface area contributed by atoms with Crippen molar-refractivity contribution in [1.29, 1.82) is 0 Å². The molecule has 7 nitrogen and oxygen atoms in total. The number of amides is 1. The molecule has 3 heterocycles. The monoisotopic (exact) mass is 388 g/mol. The second-order valence-corrected chi connectivity index (χ2v) is 7.13. The second-order valence-electron chi connectivity index (χ2n) is 7.13. The SMILES string of the molecule is CNC(=O)c1cc2c(=O)n3cccc(C)c3nc2[n+](Cc2ccc(C)cc2)c1N. The number of hydrogen-bond acceptors (Lipinski definition) is 4. The third-order valence-electron chi connectivity index (χ3n) is 5.11. The number of nitrogens with one attached hydrogen (secondary N) is 1. The van der Waals surface area contributed by atoms with Crippen molar-refractivity contribution >= 4 is 28.4 Å². The minimum Gasteiger partial charge on any atom is -0.355 e. The van der Waals surface area contributed by atoms with Gasteiger partial charge in [-0.2, -0.15) is 0 Å². The van der Waals surface area contributed by atoms with E-state index in [2.05, 4.69) is 5.32 Å². The molecule has 146 valence electrons. The Kier molecular flexibility index (Phi) is 4.50. The minimum atomic E-state index is -0.351. The standard InChI is InChI=1S/C22H21N5O2/c1-13-6-8-15(9-7-13)12-27-18(23)16(21(28)24-3)11-17-20(27)25-19-14(2)5-4-10-26(19)22(17)29/h4-11,23H,12H2,1-3H3,(H,24,28)/p+1. The van der Waals surface area contributed by atoms with Crippen molar-refractivity contribution in [2.75, 3.05) is 12.8 Å². The van der Waals surface area contributed by atoms with Crippen molar-refractivity contribution in [3.63, 3.8) is 0 Å². The zero-order chi connectivity index (χ0) is 20.7. The van der Waals surface area contributed by atoms with E-state index in [9.17, 15) is 9.59 Å². The lowest BCUT2D eigenvalue weighted by Crippen LogP contribution is -2.43. The largest absolute Gasteiger partial charge is 0.355 e. The van der Waals surface area contributed by atoms with Crippen LogP contribution < -0.4 is 21.2 Å². The first-order valence-electron chi connectivity index (χ1n) is 9.32. The first kappa shape index (κ1) is 18.6. The number of anilines is 1. The molecule has 0 fully saturated rings. The molecule has 0 unspecified atom stereocenters. The molecular weight excluding hydrogens is 366 g/mol. The Morgan fingerprint density at radius 2 is 1.93 bits per heavy atom. The van der Waals surface area contributed by atoms with E-state index in [1.807, 2.05) is 44.2 Å². The molecule has 0 aliphatic heterocycles. The van der Waals surface area contributed by atoms with Crippen LogP contribution in [0.4, 0.5) is 5.82 Å². The molecule has 0 saturated heterocycles. The first-order chi connectivity index (χ1) is 13.9. The van der Waals surface area contributed by atoms with Gasteiger partial charge in [-0.15, -0.1) is 0 Å². The van der Waals surface area contributed by atoms with Crippen molar-refractivity contribution < 1.29 is 9.36 Å². The van der Waals surface area contributed by atoms with E-state index >= 15 is 0 Å². The second kappa shape index (κ2) is 7.01. The van der Waals surface area contributed by atoms with E-state index < -0.39 is 0 Å². The number of rotatable bonds is 3. The summed E-state index contributed by atoms with van der Waals surface area (Å²) in [7, 11) is 1.53. The van der Waals surface area contributed by atoms with Crippen molar-refractivity contribution in [1.82, 2.24) is 14.7 Å². The number of hydrogen-bond donors (Lipinski definition) is 2. The van der Waals surface area contributed by atoms with Gasteiger partial charge in [0.25, 0.3) is 17.1 Å². The van der Waals surface area contributed by atoms with Crippen molar-refractivity contribution in [2.24, 2.45) is 0 Å². The summed E-state index contributed by atoms with van der Waals surface area (Å²) < 4.78 is 3.23. The van der Waals surface area contributed by atoms with E-state index in [1.165, 1.54) is 17.5 Å². The Bertz CT molecular complexity index is 1320. The molecule has 3 aromatic heterocycles. The molecule has 29 heavy (non-hydrogen) atoms. The Balaban J connectivity index is 2.09. The summed E-state index contributed by atoms with van der Waals surface area (Å²) in [6.07, 6.45) is 1.68. The number of aromatic nitrogens is 3. The average Bonchev–Trinajstić information content (AvgIpc) is 2.72. The van der Waals surface area contributed by atoms with Crippen LogP contribution in [-0.2, 0) is 6.54 Å². The number of pyridine rings is 2. The van der Waals surface area contributed by atoms with Gasteiger partial charge < -0.3 is 11.1 Å². The molecule has 0 aliphatic rings. The van der Waals surface area contributed by atoms with Crippen LogP contribution in [-0.4, -0.2) is 22.3 Å². The lowest BCUT2D eigenvalue weighted by Gasteiger charge is -2.12. The Morgan fingerprint density at radius 1 is 1.21 bits per heavy atom. The zero-order valence-electron chi connectivity index (χ0n) is 16.6. The Labute approximate surface area is 167 Å². The molecule has 0 spiro atoms. The normalized spacial score (nSPS) is 11.1. The molecule has 3 N–H and O–H groups in total. The van der Waals surface area contributed by atoms with Crippen molar-refractivity contribution in [3.8, 4) is 0 Å². The van der Waals surface area contributed by atoms with Crippen LogP contribution in [0.2, 0.25) is 0 Å². The maximum absolute atomic E-state index is 13.2. The van der Waals surface area contributed by atoms with E-state index in [0.29, 0.717) is 23.2 Å². The topological polar surface area (TPSA) is 93.4 Å². The molecule has 0 radical (unpaired) electrons. The number of benzene rings is 1. The number of nitrogens with two attached hydrogens (primary N) is 1. The highest BCUT2D eigenvalue weighted by atomic mass is 16.1. The minimum absolute atomic E-state index is 0.239. The highest BCUT2D eigenvalue weighted by Gasteiger charge is 2.24. The van der Waals surface area contributed by atoms with E-state index in [1.54, 1.807) is 16.8 Å². The summed E-state index contributed by atoms with van der Waals surface area (Å²) >= 11 is 0. The van der Waals surface area contributed by atoms with Gasteiger partial charge in [0.2, 0.25) is 11.5 Å². The predicted molar refractivity (Wildman–Crippen MR) is 112 cm³/mol. The molecule has 4 rings (SSSR count). The van der Waals surface area contributed by atoms with Crippen LogP contribution in [0.15, 0.2) is 53.5 Å². The summed E-state index contributed by atoms with van der Waals surface area (Å²) in [5, 5.41) is 2.93. The van der Waals surface area contributed by atoms with Crippen LogP contribution in [0.1, 0.15) is 27.0 Å². The molecule has 0 aliphatic carbocycles. The van der Waals surface area contributed by atoms with Crippen LogP contribution in [0.3, 0.4) is 0 Å². The quantitative estimate of drug-likeness (QED) is 0.413. The number of carbonyl (C=O) groups excluding carboxylic acids is 1. The van der Waals surface area contributed by atoms with Gasteiger partial charge in [0, 0.05) is 18.8 Å². The van der Waals surface area contributed by atoms with Crippen LogP contribution >= 0.6 is 0 Å². The van der Waals surface area contributed by atoms with Gasteiger partial charge in [-0.3, -0.25) is 14.0 Å². The molecular formula is C22H22N5O2+. The number of fused-ring (bicyclic) bond motifs is 2. The predicted octanol–water partition coefficient (Wildman–Crippen LogP) is 1.74. The van der Waals surface area contributed by atoms with Crippen LogP contribution in [0.25, 0.3) is 16.7 Å². The van der Waals surface area contributed by atoms with E-state index in [4.69, 9.17) is 10.7 Å². The fourth-order valence-electron chi connectivity index (χ4n) is 3.46.